The first-order chi connectivity index (χ1) is 14.2. The molecule has 0 spiro atoms. The first-order valence-corrected chi connectivity index (χ1v) is 12.8. The molecular formula is C28H43NO. The van der Waals surface area contributed by atoms with Gasteiger partial charge in [-0.15, -0.1) is 0 Å². The number of allylic oxidation sites excluding steroid dienone is 2. The van der Waals surface area contributed by atoms with Crippen LogP contribution in [0.5, 0.6) is 0 Å². The van der Waals surface area contributed by atoms with E-state index in [9.17, 15) is 10.1 Å². The smallest absolute Gasteiger partial charge is 0.134 e. The van der Waals surface area contributed by atoms with Crippen LogP contribution in [0.1, 0.15) is 105 Å². The third kappa shape index (κ3) is 3.22. The van der Waals surface area contributed by atoms with E-state index in [0.717, 1.165) is 30.6 Å². The van der Waals surface area contributed by atoms with Gasteiger partial charge >= 0.3 is 0 Å². The number of ketones is 1. The number of carbonyl (C=O) groups excluding carboxylic acids is 1. The van der Waals surface area contributed by atoms with Gasteiger partial charge in [0.25, 0.3) is 0 Å². The van der Waals surface area contributed by atoms with Gasteiger partial charge in [-0.05, 0) is 78.9 Å². The van der Waals surface area contributed by atoms with E-state index in [0.29, 0.717) is 35.9 Å². The minimum Gasteiger partial charge on any atom is -0.300 e. The maximum absolute atomic E-state index is 12.3. The van der Waals surface area contributed by atoms with Gasteiger partial charge in [0.05, 0.1) is 11.5 Å². The molecule has 0 aromatic carbocycles. The highest BCUT2D eigenvalue weighted by molar-refractivity contribution is 5.81. The Hall–Kier alpha value is -1.10. The Morgan fingerprint density at radius 2 is 1.87 bits per heavy atom. The lowest BCUT2D eigenvalue weighted by atomic mass is 9.43. The number of nitriles is 1. The number of carbonyl (C=O) groups is 1. The van der Waals surface area contributed by atoms with Gasteiger partial charge in [-0.2, -0.15) is 5.26 Å². The van der Waals surface area contributed by atoms with Gasteiger partial charge in [-0.1, -0.05) is 65.5 Å². The summed E-state index contributed by atoms with van der Waals surface area (Å²) in [7, 11) is 0. The first-order valence-electron chi connectivity index (χ1n) is 12.8. The van der Waals surface area contributed by atoms with Crippen LogP contribution in [0.4, 0.5) is 0 Å². The molecular weight excluding hydrogens is 366 g/mol. The van der Waals surface area contributed by atoms with Gasteiger partial charge in [-0.25, -0.2) is 0 Å². The molecule has 0 bridgehead atoms. The van der Waals surface area contributed by atoms with Crippen molar-refractivity contribution < 1.29 is 4.79 Å². The molecule has 4 aliphatic carbocycles. The minimum absolute atomic E-state index is 0.0119. The molecule has 4 aliphatic rings. The van der Waals surface area contributed by atoms with Gasteiger partial charge in [0.1, 0.15) is 5.78 Å². The lowest BCUT2D eigenvalue weighted by molar-refractivity contribution is -0.131. The fraction of sp³-hybridized carbons (Fsp3) is 0.857. The quantitative estimate of drug-likeness (QED) is 0.441. The summed E-state index contributed by atoms with van der Waals surface area (Å²) in [6.45, 7) is 12.2. The second-order valence-electron chi connectivity index (χ2n) is 12.4. The van der Waals surface area contributed by atoms with Crippen molar-refractivity contribution in [1.82, 2.24) is 0 Å². The van der Waals surface area contributed by atoms with Crippen LogP contribution < -0.4 is 0 Å². The van der Waals surface area contributed by atoms with E-state index in [1.165, 1.54) is 44.9 Å². The third-order valence-electron chi connectivity index (χ3n) is 10.5. The van der Waals surface area contributed by atoms with Gasteiger partial charge < -0.3 is 0 Å². The number of hydrogen-bond acceptors (Lipinski definition) is 2. The molecule has 3 saturated carbocycles. The molecule has 2 nitrogen and oxygen atoms in total. The van der Waals surface area contributed by atoms with Crippen LogP contribution in [-0.2, 0) is 4.79 Å². The molecule has 0 aromatic heterocycles. The van der Waals surface area contributed by atoms with E-state index in [4.69, 9.17) is 0 Å². The van der Waals surface area contributed by atoms with E-state index in [1.807, 2.05) is 0 Å². The maximum Gasteiger partial charge on any atom is 0.134 e. The second kappa shape index (κ2) is 7.79. The van der Waals surface area contributed by atoms with Gasteiger partial charge in [0.15, 0.2) is 0 Å². The number of rotatable bonds is 5. The zero-order valence-corrected chi connectivity index (χ0v) is 20.1. The van der Waals surface area contributed by atoms with Gasteiger partial charge in [-0.3, -0.25) is 4.79 Å². The average Bonchev–Trinajstić information content (AvgIpc) is 3.05. The van der Waals surface area contributed by atoms with Crippen LogP contribution in [-0.4, -0.2) is 5.78 Å². The van der Waals surface area contributed by atoms with Crippen LogP contribution in [0.15, 0.2) is 11.6 Å². The third-order valence-corrected chi connectivity index (χ3v) is 10.5. The maximum atomic E-state index is 12.3. The molecule has 30 heavy (non-hydrogen) atoms. The first kappa shape index (κ1) is 22.1. The summed E-state index contributed by atoms with van der Waals surface area (Å²) in [6.07, 6.45) is 14.7. The zero-order chi connectivity index (χ0) is 21.7. The second-order valence-corrected chi connectivity index (χ2v) is 12.4. The van der Waals surface area contributed by atoms with E-state index in [2.05, 4.69) is 46.8 Å². The van der Waals surface area contributed by atoms with Crippen molar-refractivity contribution in [3.63, 3.8) is 0 Å². The molecule has 0 radical (unpaired) electrons. The highest BCUT2D eigenvalue weighted by atomic mass is 16.1. The van der Waals surface area contributed by atoms with Crippen LogP contribution >= 0.6 is 0 Å². The molecule has 2 heteroatoms. The summed E-state index contributed by atoms with van der Waals surface area (Å²) >= 11 is 0. The monoisotopic (exact) mass is 409 g/mol. The van der Waals surface area contributed by atoms with Crippen molar-refractivity contribution in [3.05, 3.63) is 11.6 Å². The van der Waals surface area contributed by atoms with Gasteiger partial charge in [0.2, 0.25) is 0 Å². The van der Waals surface area contributed by atoms with E-state index >= 15 is 0 Å². The molecule has 0 N–H and O–H groups in total. The highest BCUT2D eigenvalue weighted by Crippen LogP contribution is 2.69. The van der Waals surface area contributed by atoms with E-state index < -0.39 is 5.41 Å². The molecule has 4 rings (SSSR count). The number of hydrogen-bond donors (Lipinski definition) is 0. The van der Waals surface area contributed by atoms with Crippen LogP contribution in [0.3, 0.4) is 0 Å². The van der Waals surface area contributed by atoms with Crippen LogP contribution in [0.2, 0.25) is 0 Å². The van der Waals surface area contributed by atoms with Crippen molar-refractivity contribution in [2.45, 2.75) is 105 Å². The topological polar surface area (TPSA) is 40.9 Å². The Kier molecular flexibility index (Phi) is 5.74. The Morgan fingerprint density at radius 3 is 2.57 bits per heavy atom. The number of fused-ring (bicyclic) bond motifs is 5. The molecule has 0 amide bonds. The zero-order valence-electron chi connectivity index (χ0n) is 20.1. The summed E-state index contributed by atoms with van der Waals surface area (Å²) in [5.74, 6) is 4.02. The van der Waals surface area contributed by atoms with Gasteiger partial charge in [0, 0.05) is 12.8 Å². The molecule has 0 unspecified atom stereocenters. The predicted molar refractivity (Wildman–Crippen MR) is 123 cm³/mol. The van der Waals surface area contributed by atoms with Crippen molar-refractivity contribution in [1.29, 1.82) is 5.26 Å². The Balaban J connectivity index is 1.57. The van der Waals surface area contributed by atoms with Crippen LogP contribution in [0.25, 0.3) is 0 Å². The predicted octanol–water partition coefficient (Wildman–Crippen LogP) is 7.49. The Morgan fingerprint density at radius 1 is 1.10 bits per heavy atom. The highest BCUT2D eigenvalue weighted by Gasteiger charge is 2.63. The summed E-state index contributed by atoms with van der Waals surface area (Å²) in [6, 6.07) is 2.69. The Labute approximate surface area is 184 Å². The lowest BCUT2D eigenvalue weighted by Crippen LogP contribution is -2.54. The van der Waals surface area contributed by atoms with Crippen molar-refractivity contribution >= 4 is 5.78 Å². The Bertz CT molecular complexity index is 759. The normalized spacial score (nSPS) is 44.0. The molecule has 0 aromatic rings. The largest absolute Gasteiger partial charge is 0.300 e. The lowest BCUT2D eigenvalue weighted by Gasteiger charge is -2.59. The molecule has 166 valence electrons. The summed E-state index contributed by atoms with van der Waals surface area (Å²) in [5.41, 5.74) is 1.67. The molecule has 0 heterocycles. The SMILES string of the molecule is CC(C)CCC[C@@H](C)[C@H]1CC[C@H]2C3=CC[C@]4(C#N)CC(=O)CC[C@]4(C)[C@H]3CC[C@]12C. The summed E-state index contributed by atoms with van der Waals surface area (Å²) in [5, 5.41) is 10.2. The summed E-state index contributed by atoms with van der Waals surface area (Å²) < 4.78 is 0. The molecule has 3 fully saturated rings. The fourth-order valence-corrected chi connectivity index (χ4v) is 8.57. The number of nitrogens with zero attached hydrogens (tertiary/aromatic N) is 1. The minimum atomic E-state index is -0.452. The molecule has 7 atom stereocenters. The standard InChI is InChI=1S/C28H43NO/c1-19(2)7-6-8-20(3)23-9-10-24-22-12-16-28(18-29)17-21(30)11-15-27(28,5)25(22)13-14-26(23,24)4/h12,19-20,23-25H,6-11,13-17H2,1-5H3/t20-,23-,24+,25+,26-,27-,28-/m1/s1. The average molecular weight is 410 g/mol. The summed E-state index contributed by atoms with van der Waals surface area (Å²) in [4.78, 5) is 12.3. The fourth-order valence-electron chi connectivity index (χ4n) is 8.57. The van der Waals surface area contributed by atoms with E-state index in [-0.39, 0.29) is 5.41 Å². The number of Topliss-reactive ketones (excluding diaryl/α,β-unsaturated/α-hetero) is 1. The van der Waals surface area contributed by atoms with Crippen LogP contribution in [0, 0.1) is 57.2 Å². The molecule has 0 saturated heterocycles. The van der Waals surface area contributed by atoms with E-state index in [1.54, 1.807) is 5.57 Å². The van der Waals surface area contributed by atoms with Crippen molar-refractivity contribution in [2.75, 3.05) is 0 Å². The van der Waals surface area contributed by atoms with Crippen molar-refractivity contribution in [2.24, 2.45) is 45.8 Å². The molecule has 0 aliphatic heterocycles. The van der Waals surface area contributed by atoms with Crippen molar-refractivity contribution in [3.8, 4) is 6.07 Å².